The number of hydrogen-bond acceptors (Lipinski definition) is 2. The molecule has 0 saturated heterocycles. The monoisotopic (exact) mass is 158 g/mol. The summed E-state index contributed by atoms with van der Waals surface area (Å²) in [5.74, 6) is 0. The van der Waals surface area contributed by atoms with E-state index in [9.17, 15) is 0 Å². The fraction of sp³-hybridized carbons (Fsp3) is 1.00. The summed E-state index contributed by atoms with van der Waals surface area (Å²) in [4.78, 5) is 0. The van der Waals surface area contributed by atoms with Crippen LogP contribution in [0.4, 0.5) is 0 Å². The highest BCUT2D eigenvalue weighted by Gasteiger charge is 2.36. The summed E-state index contributed by atoms with van der Waals surface area (Å²) in [6.45, 7) is 2.14. The lowest BCUT2D eigenvalue weighted by molar-refractivity contribution is -0.126. The average molecular weight is 158 g/mol. The van der Waals surface area contributed by atoms with Crippen LogP contribution in [0, 0.1) is 0 Å². The van der Waals surface area contributed by atoms with Gasteiger partial charge in [-0.15, -0.1) is 0 Å². The van der Waals surface area contributed by atoms with Crippen molar-refractivity contribution in [1.82, 2.24) is 0 Å². The predicted octanol–water partition coefficient (Wildman–Crippen LogP) is 1.98. The molecule has 1 fully saturated rings. The predicted molar refractivity (Wildman–Crippen MR) is 44.7 cm³/mol. The number of methoxy groups -OCH3 is 2. The zero-order valence-corrected chi connectivity index (χ0v) is 7.72. The minimum absolute atomic E-state index is 0.0347. The Bertz CT molecular complexity index is 125. The first kappa shape index (κ1) is 9.01. The van der Waals surface area contributed by atoms with Gasteiger partial charge in [-0.2, -0.15) is 0 Å². The molecular weight excluding hydrogens is 140 g/mol. The van der Waals surface area contributed by atoms with Crippen LogP contribution in [0.2, 0.25) is 0 Å². The van der Waals surface area contributed by atoms with Gasteiger partial charge in [0.25, 0.3) is 0 Å². The molecule has 1 saturated carbocycles. The summed E-state index contributed by atoms with van der Waals surface area (Å²) >= 11 is 0. The van der Waals surface area contributed by atoms with Gasteiger partial charge in [-0.25, -0.2) is 0 Å². The van der Waals surface area contributed by atoms with Crippen LogP contribution in [0.1, 0.15) is 32.6 Å². The average Bonchev–Trinajstić information content (AvgIpc) is 2.05. The second-order valence-corrected chi connectivity index (χ2v) is 3.49. The van der Waals surface area contributed by atoms with Crippen molar-refractivity contribution in [1.29, 1.82) is 0 Å². The maximum absolute atomic E-state index is 5.46. The lowest BCUT2D eigenvalue weighted by Crippen LogP contribution is -2.44. The van der Waals surface area contributed by atoms with E-state index in [-0.39, 0.29) is 5.60 Å². The molecule has 0 heterocycles. The molecule has 2 heteroatoms. The molecule has 0 unspecified atom stereocenters. The normalized spacial score (nSPS) is 39.0. The Morgan fingerprint density at radius 2 is 2.00 bits per heavy atom. The van der Waals surface area contributed by atoms with Gasteiger partial charge >= 0.3 is 0 Å². The molecule has 1 aliphatic carbocycles. The largest absolute Gasteiger partial charge is 0.378 e. The van der Waals surface area contributed by atoms with Crippen LogP contribution in [-0.4, -0.2) is 25.9 Å². The quantitative estimate of drug-likeness (QED) is 0.611. The molecule has 0 bridgehead atoms. The Morgan fingerprint density at radius 3 is 2.45 bits per heavy atom. The van der Waals surface area contributed by atoms with E-state index < -0.39 is 0 Å². The van der Waals surface area contributed by atoms with Gasteiger partial charge < -0.3 is 9.47 Å². The van der Waals surface area contributed by atoms with Gasteiger partial charge in [0.05, 0.1) is 11.7 Å². The highest BCUT2D eigenvalue weighted by molar-refractivity contribution is 4.88. The Labute approximate surface area is 68.9 Å². The van der Waals surface area contributed by atoms with Gasteiger partial charge in [-0.3, -0.25) is 0 Å². The molecule has 0 aromatic heterocycles. The second kappa shape index (κ2) is 3.55. The van der Waals surface area contributed by atoms with Gasteiger partial charge in [0.2, 0.25) is 0 Å². The smallest absolute Gasteiger partial charge is 0.0911 e. The van der Waals surface area contributed by atoms with Crippen LogP contribution in [0.5, 0.6) is 0 Å². The standard InChI is InChI=1S/C9H18O2/c1-9(11-3)7-5-4-6-8(9)10-2/h8H,4-7H2,1-3H3/t8-,9-/m0/s1. The molecule has 0 radical (unpaired) electrons. The Balaban J connectivity index is 2.57. The van der Waals surface area contributed by atoms with Crippen LogP contribution in [-0.2, 0) is 9.47 Å². The summed E-state index contributed by atoms with van der Waals surface area (Å²) in [5, 5.41) is 0. The summed E-state index contributed by atoms with van der Waals surface area (Å²) in [6, 6.07) is 0. The molecule has 2 atom stereocenters. The first-order chi connectivity index (χ1) is 5.23. The van der Waals surface area contributed by atoms with Crippen LogP contribution in [0.25, 0.3) is 0 Å². The summed E-state index contributed by atoms with van der Waals surface area (Å²) < 4.78 is 10.8. The molecule has 1 aliphatic rings. The highest BCUT2D eigenvalue weighted by atomic mass is 16.5. The third-order valence-corrected chi connectivity index (χ3v) is 2.82. The minimum atomic E-state index is -0.0347. The third-order valence-electron chi connectivity index (χ3n) is 2.82. The van der Waals surface area contributed by atoms with Crippen molar-refractivity contribution in [3.05, 3.63) is 0 Å². The molecule has 66 valence electrons. The van der Waals surface area contributed by atoms with Crippen LogP contribution in [0.15, 0.2) is 0 Å². The van der Waals surface area contributed by atoms with Crippen molar-refractivity contribution in [3.63, 3.8) is 0 Å². The summed E-state index contributed by atoms with van der Waals surface area (Å²) in [6.07, 6.45) is 5.10. The first-order valence-electron chi connectivity index (χ1n) is 4.31. The first-order valence-corrected chi connectivity index (χ1v) is 4.31. The number of rotatable bonds is 2. The van der Waals surface area contributed by atoms with Gasteiger partial charge in [-0.05, 0) is 19.8 Å². The Hall–Kier alpha value is -0.0800. The van der Waals surface area contributed by atoms with Crippen molar-refractivity contribution in [2.75, 3.05) is 14.2 Å². The van der Waals surface area contributed by atoms with Crippen molar-refractivity contribution < 1.29 is 9.47 Å². The molecule has 0 aliphatic heterocycles. The Morgan fingerprint density at radius 1 is 1.27 bits per heavy atom. The lowest BCUT2D eigenvalue weighted by atomic mass is 9.83. The molecule has 11 heavy (non-hydrogen) atoms. The number of ether oxygens (including phenoxy) is 2. The highest BCUT2D eigenvalue weighted by Crippen LogP contribution is 2.32. The van der Waals surface area contributed by atoms with Crippen molar-refractivity contribution >= 4 is 0 Å². The molecule has 0 aromatic carbocycles. The Kier molecular flexibility index (Phi) is 2.90. The summed E-state index contributed by atoms with van der Waals surface area (Å²) in [5.41, 5.74) is -0.0347. The molecular formula is C9H18O2. The van der Waals surface area contributed by atoms with Gasteiger partial charge in [0, 0.05) is 14.2 Å². The zero-order valence-electron chi connectivity index (χ0n) is 7.72. The number of hydrogen-bond donors (Lipinski definition) is 0. The van der Waals surface area contributed by atoms with E-state index in [1.165, 1.54) is 12.8 Å². The van der Waals surface area contributed by atoms with Gasteiger partial charge in [-0.1, -0.05) is 12.8 Å². The van der Waals surface area contributed by atoms with Crippen LogP contribution in [0.3, 0.4) is 0 Å². The van der Waals surface area contributed by atoms with E-state index in [4.69, 9.17) is 9.47 Å². The van der Waals surface area contributed by atoms with E-state index >= 15 is 0 Å². The van der Waals surface area contributed by atoms with Crippen molar-refractivity contribution in [3.8, 4) is 0 Å². The topological polar surface area (TPSA) is 18.5 Å². The third kappa shape index (κ3) is 1.74. The van der Waals surface area contributed by atoms with Crippen molar-refractivity contribution in [2.24, 2.45) is 0 Å². The SMILES string of the molecule is CO[C@H]1CCCC[C@]1(C)OC. The van der Waals surface area contributed by atoms with Crippen LogP contribution < -0.4 is 0 Å². The minimum Gasteiger partial charge on any atom is -0.378 e. The molecule has 0 aromatic rings. The van der Waals surface area contributed by atoms with Gasteiger partial charge in [0.1, 0.15) is 0 Å². The molecule has 0 N–H and O–H groups in total. The second-order valence-electron chi connectivity index (χ2n) is 3.49. The molecule has 2 nitrogen and oxygen atoms in total. The van der Waals surface area contributed by atoms with E-state index in [0.29, 0.717) is 6.10 Å². The summed E-state index contributed by atoms with van der Waals surface area (Å²) in [7, 11) is 3.55. The fourth-order valence-electron chi connectivity index (χ4n) is 1.87. The zero-order chi connectivity index (χ0) is 8.32. The lowest BCUT2D eigenvalue weighted by Gasteiger charge is -2.39. The van der Waals surface area contributed by atoms with E-state index in [2.05, 4.69) is 6.92 Å². The fourth-order valence-corrected chi connectivity index (χ4v) is 1.87. The van der Waals surface area contributed by atoms with Crippen molar-refractivity contribution in [2.45, 2.75) is 44.3 Å². The molecule has 0 amide bonds. The van der Waals surface area contributed by atoms with Crippen LogP contribution >= 0.6 is 0 Å². The van der Waals surface area contributed by atoms with E-state index in [1.807, 2.05) is 0 Å². The van der Waals surface area contributed by atoms with Gasteiger partial charge in [0.15, 0.2) is 0 Å². The molecule has 1 rings (SSSR count). The maximum Gasteiger partial charge on any atom is 0.0911 e. The van der Waals surface area contributed by atoms with E-state index in [1.54, 1.807) is 14.2 Å². The molecule has 0 spiro atoms. The maximum atomic E-state index is 5.46. The van der Waals surface area contributed by atoms with E-state index in [0.717, 1.165) is 12.8 Å².